The number of amides is 1. The van der Waals surface area contributed by atoms with Crippen LogP contribution in [0.15, 0.2) is 23.1 Å². The van der Waals surface area contributed by atoms with Crippen LogP contribution in [0.25, 0.3) is 0 Å². The number of carbonyl (C=O) groups excluding carboxylic acids is 2. The van der Waals surface area contributed by atoms with Crippen molar-refractivity contribution in [3.05, 3.63) is 29.3 Å². The fourth-order valence-corrected chi connectivity index (χ4v) is 6.13. The topological polar surface area (TPSA) is 92.8 Å². The van der Waals surface area contributed by atoms with Crippen LogP contribution in [-0.2, 0) is 19.6 Å². The summed E-state index contributed by atoms with van der Waals surface area (Å²) in [6, 6.07) is 4.63. The minimum absolute atomic E-state index is 0.100. The number of benzene rings is 1. The van der Waals surface area contributed by atoms with E-state index in [4.69, 9.17) is 4.74 Å². The standard InChI is InChI=1S/C23H34N2O5S/c1-16-9-5-6-10-20(16)24-22(26)18(3)30-23(27)19-12-11-17(2)21(15-19)31(28,29)25-13-7-4-8-14-25/h11-12,15-16,18,20H,4-10,13-14H2,1-3H3,(H,24,26)/t16-,18-,20-/m0/s1. The van der Waals surface area contributed by atoms with E-state index in [9.17, 15) is 18.0 Å². The smallest absolute Gasteiger partial charge is 0.338 e. The molecule has 3 rings (SSSR count). The Morgan fingerprint density at radius 1 is 1.10 bits per heavy atom. The minimum Gasteiger partial charge on any atom is -0.449 e. The zero-order valence-electron chi connectivity index (χ0n) is 18.7. The number of hydrogen-bond donors (Lipinski definition) is 1. The van der Waals surface area contributed by atoms with Crippen LogP contribution >= 0.6 is 0 Å². The van der Waals surface area contributed by atoms with Crippen LogP contribution in [0.1, 0.15) is 74.7 Å². The van der Waals surface area contributed by atoms with Crippen molar-refractivity contribution < 1.29 is 22.7 Å². The van der Waals surface area contributed by atoms with Gasteiger partial charge in [-0.05, 0) is 63.1 Å². The Labute approximate surface area is 185 Å². The van der Waals surface area contributed by atoms with Crippen LogP contribution in [0, 0.1) is 12.8 Å². The molecule has 0 bridgehead atoms. The zero-order chi connectivity index (χ0) is 22.6. The summed E-state index contributed by atoms with van der Waals surface area (Å²) in [4.78, 5) is 25.3. The van der Waals surface area contributed by atoms with Crippen LogP contribution in [-0.4, -0.2) is 49.8 Å². The van der Waals surface area contributed by atoms with E-state index >= 15 is 0 Å². The third-order valence-corrected chi connectivity index (χ3v) is 8.49. The summed E-state index contributed by atoms with van der Waals surface area (Å²) in [7, 11) is -3.67. The van der Waals surface area contributed by atoms with Gasteiger partial charge in [-0.1, -0.05) is 32.3 Å². The molecule has 3 atom stereocenters. The highest BCUT2D eigenvalue weighted by Gasteiger charge is 2.30. The third-order valence-electron chi connectivity index (χ3n) is 6.45. The van der Waals surface area contributed by atoms with Crippen molar-refractivity contribution in [3.63, 3.8) is 0 Å². The average Bonchev–Trinajstić information content (AvgIpc) is 2.76. The molecular formula is C23H34N2O5S. The molecule has 31 heavy (non-hydrogen) atoms. The summed E-state index contributed by atoms with van der Waals surface area (Å²) in [6.45, 7) is 6.37. The monoisotopic (exact) mass is 450 g/mol. The highest BCUT2D eigenvalue weighted by Crippen LogP contribution is 2.26. The summed E-state index contributed by atoms with van der Waals surface area (Å²) in [6.07, 6.45) is 6.02. The largest absolute Gasteiger partial charge is 0.449 e. The van der Waals surface area contributed by atoms with E-state index in [1.807, 2.05) is 0 Å². The number of nitrogens with one attached hydrogen (secondary N) is 1. The van der Waals surface area contributed by atoms with Gasteiger partial charge in [0.05, 0.1) is 10.5 Å². The second-order valence-corrected chi connectivity index (χ2v) is 10.8. The molecule has 7 nitrogen and oxygen atoms in total. The SMILES string of the molecule is Cc1ccc(C(=O)O[C@@H](C)C(=O)N[C@H]2CCCC[C@@H]2C)cc1S(=O)(=O)N1CCCCC1. The number of ether oxygens (including phenoxy) is 1. The van der Waals surface area contributed by atoms with Crippen LogP contribution in [0.3, 0.4) is 0 Å². The molecule has 1 aromatic carbocycles. The van der Waals surface area contributed by atoms with Crippen LogP contribution in [0.2, 0.25) is 0 Å². The maximum atomic E-state index is 13.1. The number of nitrogens with zero attached hydrogens (tertiary/aromatic N) is 1. The molecule has 1 heterocycles. The summed E-state index contributed by atoms with van der Waals surface area (Å²) >= 11 is 0. The van der Waals surface area contributed by atoms with Gasteiger partial charge in [0, 0.05) is 19.1 Å². The number of aryl methyl sites for hydroxylation is 1. The molecular weight excluding hydrogens is 416 g/mol. The number of piperidine rings is 1. The van der Waals surface area contributed by atoms with Gasteiger partial charge in [-0.25, -0.2) is 13.2 Å². The lowest BCUT2D eigenvalue weighted by atomic mass is 9.86. The maximum Gasteiger partial charge on any atom is 0.338 e. The Bertz CT molecular complexity index is 909. The van der Waals surface area contributed by atoms with E-state index in [1.165, 1.54) is 16.8 Å². The quantitative estimate of drug-likeness (QED) is 0.671. The minimum atomic E-state index is -3.67. The lowest BCUT2D eigenvalue weighted by Gasteiger charge is -2.30. The molecule has 0 spiro atoms. The van der Waals surface area contributed by atoms with Gasteiger partial charge >= 0.3 is 5.97 Å². The zero-order valence-corrected chi connectivity index (χ0v) is 19.5. The van der Waals surface area contributed by atoms with Gasteiger partial charge in [0.25, 0.3) is 5.91 Å². The van der Waals surface area contributed by atoms with Crippen molar-refractivity contribution in [3.8, 4) is 0 Å². The molecule has 0 unspecified atom stereocenters. The summed E-state index contributed by atoms with van der Waals surface area (Å²) < 4.78 is 33.0. The number of hydrogen-bond acceptors (Lipinski definition) is 5. The highest BCUT2D eigenvalue weighted by atomic mass is 32.2. The fraction of sp³-hybridized carbons (Fsp3) is 0.652. The van der Waals surface area contributed by atoms with Crippen molar-refractivity contribution in [2.24, 2.45) is 5.92 Å². The van der Waals surface area contributed by atoms with Crippen molar-refractivity contribution in [1.82, 2.24) is 9.62 Å². The highest BCUT2D eigenvalue weighted by molar-refractivity contribution is 7.89. The Morgan fingerprint density at radius 3 is 2.45 bits per heavy atom. The second kappa shape index (κ2) is 10.1. The van der Waals surface area contributed by atoms with Gasteiger partial charge in [-0.2, -0.15) is 4.31 Å². The molecule has 1 N–H and O–H groups in total. The number of sulfonamides is 1. The number of carbonyl (C=O) groups is 2. The first-order chi connectivity index (χ1) is 14.7. The van der Waals surface area contributed by atoms with Crippen LogP contribution in [0.4, 0.5) is 0 Å². The predicted molar refractivity (Wildman–Crippen MR) is 118 cm³/mol. The van der Waals surface area contributed by atoms with Crippen LogP contribution in [0.5, 0.6) is 0 Å². The van der Waals surface area contributed by atoms with Gasteiger partial charge < -0.3 is 10.1 Å². The van der Waals surface area contributed by atoms with Crippen LogP contribution < -0.4 is 5.32 Å². The molecule has 1 saturated carbocycles. The van der Waals surface area contributed by atoms with Gasteiger partial charge in [-0.15, -0.1) is 0 Å². The van der Waals surface area contributed by atoms with E-state index in [2.05, 4.69) is 12.2 Å². The lowest BCUT2D eigenvalue weighted by Crippen LogP contribution is -2.46. The van der Waals surface area contributed by atoms with Crippen molar-refractivity contribution >= 4 is 21.9 Å². The molecule has 1 aliphatic heterocycles. The van der Waals surface area contributed by atoms with Gasteiger partial charge in [0.15, 0.2) is 6.10 Å². The number of rotatable bonds is 6. The van der Waals surface area contributed by atoms with Gasteiger partial charge in [0.1, 0.15) is 0 Å². The molecule has 2 fully saturated rings. The van der Waals surface area contributed by atoms with Crippen molar-refractivity contribution in [2.75, 3.05) is 13.1 Å². The van der Waals surface area contributed by atoms with Crippen molar-refractivity contribution in [1.29, 1.82) is 0 Å². The first-order valence-corrected chi connectivity index (χ1v) is 12.8. The first-order valence-electron chi connectivity index (χ1n) is 11.3. The Morgan fingerprint density at radius 2 is 1.77 bits per heavy atom. The first kappa shape index (κ1) is 23.7. The molecule has 172 valence electrons. The Hall–Kier alpha value is -1.93. The molecule has 1 amide bonds. The molecule has 1 saturated heterocycles. The molecule has 0 radical (unpaired) electrons. The average molecular weight is 451 g/mol. The fourth-order valence-electron chi connectivity index (χ4n) is 4.36. The Kier molecular flexibility index (Phi) is 7.75. The lowest BCUT2D eigenvalue weighted by molar-refractivity contribution is -0.130. The summed E-state index contributed by atoms with van der Waals surface area (Å²) in [5.74, 6) is -0.616. The van der Waals surface area contributed by atoms with Gasteiger partial charge in [-0.3, -0.25) is 4.79 Å². The third kappa shape index (κ3) is 5.66. The summed E-state index contributed by atoms with van der Waals surface area (Å²) in [5, 5.41) is 2.99. The normalized spacial score (nSPS) is 23.7. The van der Waals surface area contributed by atoms with E-state index in [0.717, 1.165) is 38.5 Å². The summed E-state index contributed by atoms with van der Waals surface area (Å²) in [5.41, 5.74) is 0.714. The molecule has 2 aliphatic rings. The molecule has 0 aromatic heterocycles. The molecule has 1 aromatic rings. The second-order valence-electron chi connectivity index (χ2n) is 8.87. The van der Waals surface area contributed by atoms with Crippen molar-refractivity contribution in [2.45, 2.75) is 82.8 Å². The van der Waals surface area contributed by atoms with E-state index in [1.54, 1.807) is 26.0 Å². The van der Waals surface area contributed by atoms with E-state index in [-0.39, 0.29) is 22.4 Å². The van der Waals surface area contributed by atoms with Gasteiger partial charge in [0.2, 0.25) is 10.0 Å². The van der Waals surface area contributed by atoms with E-state index < -0.39 is 22.1 Å². The predicted octanol–water partition coefficient (Wildman–Crippen LogP) is 3.41. The Balaban J connectivity index is 1.68. The molecule has 1 aliphatic carbocycles. The van der Waals surface area contributed by atoms with E-state index in [0.29, 0.717) is 24.6 Å². The maximum absolute atomic E-state index is 13.1. The molecule has 8 heteroatoms. The number of esters is 1.